The zero-order valence-corrected chi connectivity index (χ0v) is 16.1. The largest absolute Gasteiger partial charge is 0.497 e. The van der Waals surface area contributed by atoms with Crippen molar-refractivity contribution in [2.45, 2.75) is 37.8 Å². The first-order valence-electron chi connectivity index (χ1n) is 9.58. The number of likely N-dealkylation sites (tertiary alicyclic amines) is 1. The van der Waals surface area contributed by atoms with Crippen molar-refractivity contribution < 1.29 is 24.2 Å². The number of piperidine rings is 1. The molecule has 1 aromatic rings. The summed E-state index contributed by atoms with van der Waals surface area (Å²) < 4.78 is 5.11. The first kappa shape index (κ1) is 20.1. The summed E-state index contributed by atoms with van der Waals surface area (Å²) in [5.41, 5.74) is 0.376. The molecule has 1 aromatic carbocycles. The minimum atomic E-state index is -0.912. The summed E-state index contributed by atoms with van der Waals surface area (Å²) in [6.07, 6.45) is 1.65. The van der Waals surface area contributed by atoms with Crippen LogP contribution in [0.4, 0.5) is 0 Å². The molecule has 2 fully saturated rings. The Bertz CT molecular complexity index is 726. The van der Waals surface area contributed by atoms with Crippen LogP contribution < -0.4 is 15.4 Å². The van der Waals surface area contributed by atoms with Crippen molar-refractivity contribution in [1.82, 2.24) is 15.5 Å². The molecule has 2 aliphatic heterocycles. The summed E-state index contributed by atoms with van der Waals surface area (Å²) in [7, 11) is 1.61. The standard InChI is InChI=1S/C20H27N3O5/c1-28-15-4-2-14(3-5-15)13-21-17(24)6-9-23-10-7-20(8-11-23)16(19(26)27)12-18(25)22-20/h2-5,16H,6-13H2,1H3,(H,21,24)(H,22,25)(H,26,27). The van der Waals surface area contributed by atoms with E-state index in [1.807, 2.05) is 24.3 Å². The molecule has 2 saturated heterocycles. The van der Waals surface area contributed by atoms with Gasteiger partial charge in [-0.25, -0.2) is 0 Å². The summed E-state index contributed by atoms with van der Waals surface area (Å²) in [6.45, 7) is 2.44. The smallest absolute Gasteiger partial charge is 0.309 e. The lowest BCUT2D eigenvalue weighted by Gasteiger charge is -2.41. The number of ether oxygens (including phenoxy) is 1. The zero-order chi connectivity index (χ0) is 20.1. The second-order valence-corrected chi connectivity index (χ2v) is 7.52. The Balaban J connectivity index is 1.40. The summed E-state index contributed by atoms with van der Waals surface area (Å²) >= 11 is 0. The first-order valence-corrected chi connectivity index (χ1v) is 9.58. The highest BCUT2D eigenvalue weighted by Crippen LogP contribution is 2.36. The fourth-order valence-corrected chi connectivity index (χ4v) is 4.06. The average molecular weight is 389 g/mol. The normalized spacial score (nSPS) is 21.3. The van der Waals surface area contributed by atoms with E-state index >= 15 is 0 Å². The minimum absolute atomic E-state index is 0.0197. The third kappa shape index (κ3) is 4.62. The number of hydrogen-bond donors (Lipinski definition) is 3. The molecule has 8 heteroatoms. The number of rotatable bonds is 7. The quantitative estimate of drug-likeness (QED) is 0.635. The number of aliphatic carboxylic acids is 1. The number of benzene rings is 1. The Hall–Kier alpha value is -2.61. The van der Waals surface area contributed by atoms with Crippen molar-refractivity contribution in [2.24, 2.45) is 5.92 Å². The number of carboxylic acid groups (broad SMARTS) is 1. The molecule has 3 N–H and O–H groups in total. The van der Waals surface area contributed by atoms with Crippen LogP contribution >= 0.6 is 0 Å². The Morgan fingerprint density at radius 2 is 1.96 bits per heavy atom. The molecule has 28 heavy (non-hydrogen) atoms. The number of carbonyl (C=O) groups excluding carboxylic acids is 2. The molecule has 0 aromatic heterocycles. The lowest BCUT2D eigenvalue weighted by molar-refractivity contribution is -0.144. The summed E-state index contributed by atoms with van der Waals surface area (Å²) in [5.74, 6) is -0.992. The second kappa shape index (κ2) is 8.60. The molecule has 8 nitrogen and oxygen atoms in total. The maximum Gasteiger partial charge on any atom is 0.309 e. The summed E-state index contributed by atoms with van der Waals surface area (Å²) in [6, 6.07) is 7.55. The molecule has 2 heterocycles. The topological polar surface area (TPSA) is 108 Å². The average Bonchev–Trinajstić information content (AvgIpc) is 3.02. The highest BCUT2D eigenvalue weighted by atomic mass is 16.5. The Morgan fingerprint density at radius 1 is 1.29 bits per heavy atom. The highest BCUT2D eigenvalue weighted by Gasteiger charge is 2.51. The third-order valence-corrected chi connectivity index (χ3v) is 5.80. The number of carbonyl (C=O) groups is 3. The van der Waals surface area contributed by atoms with Gasteiger partial charge in [-0.05, 0) is 30.5 Å². The van der Waals surface area contributed by atoms with Crippen molar-refractivity contribution in [3.63, 3.8) is 0 Å². The first-order chi connectivity index (χ1) is 13.4. The number of amides is 2. The second-order valence-electron chi connectivity index (χ2n) is 7.52. The van der Waals surface area contributed by atoms with Crippen molar-refractivity contribution in [3.05, 3.63) is 29.8 Å². The van der Waals surface area contributed by atoms with Gasteiger partial charge in [0.1, 0.15) is 5.75 Å². The molecule has 0 bridgehead atoms. The molecule has 0 aliphatic carbocycles. The van der Waals surface area contributed by atoms with E-state index in [-0.39, 0.29) is 18.2 Å². The van der Waals surface area contributed by atoms with Crippen LogP contribution in [0.2, 0.25) is 0 Å². The van der Waals surface area contributed by atoms with Crippen molar-refractivity contribution >= 4 is 17.8 Å². The number of carboxylic acids is 1. The Labute approximate surface area is 164 Å². The number of nitrogens with one attached hydrogen (secondary N) is 2. The summed E-state index contributed by atoms with van der Waals surface area (Å²) in [4.78, 5) is 37.5. The van der Waals surface area contributed by atoms with E-state index in [1.165, 1.54) is 0 Å². The van der Waals surface area contributed by atoms with Crippen LogP contribution in [-0.2, 0) is 20.9 Å². The van der Waals surface area contributed by atoms with E-state index in [4.69, 9.17) is 4.74 Å². The van der Waals surface area contributed by atoms with E-state index < -0.39 is 17.4 Å². The minimum Gasteiger partial charge on any atom is -0.497 e. The molecule has 1 spiro atoms. The molecule has 0 radical (unpaired) electrons. The lowest BCUT2D eigenvalue weighted by atomic mass is 9.77. The van der Waals surface area contributed by atoms with Crippen LogP contribution in [0, 0.1) is 5.92 Å². The lowest BCUT2D eigenvalue weighted by Crippen LogP contribution is -2.55. The van der Waals surface area contributed by atoms with Crippen LogP contribution in [0.25, 0.3) is 0 Å². The predicted molar refractivity (Wildman–Crippen MR) is 102 cm³/mol. The number of nitrogens with zero attached hydrogens (tertiary/aromatic N) is 1. The van der Waals surface area contributed by atoms with E-state index in [0.717, 1.165) is 11.3 Å². The maximum atomic E-state index is 12.1. The van der Waals surface area contributed by atoms with Crippen LogP contribution in [0.1, 0.15) is 31.2 Å². The van der Waals surface area contributed by atoms with E-state index in [1.54, 1.807) is 7.11 Å². The van der Waals surface area contributed by atoms with Crippen LogP contribution in [0.3, 0.4) is 0 Å². The molecule has 1 atom stereocenters. The fraction of sp³-hybridized carbons (Fsp3) is 0.550. The fourth-order valence-electron chi connectivity index (χ4n) is 4.06. The zero-order valence-electron chi connectivity index (χ0n) is 16.1. The van der Waals surface area contributed by atoms with Gasteiger partial charge in [-0.3, -0.25) is 14.4 Å². The Kier molecular flexibility index (Phi) is 6.18. The SMILES string of the molecule is COc1ccc(CNC(=O)CCN2CCC3(CC2)NC(=O)CC3C(=O)O)cc1. The van der Waals surface area contributed by atoms with Crippen molar-refractivity contribution in [2.75, 3.05) is 26.7 Å². The van der Waals surface area contributed by atoms with Gasteiger partial charge in [0.05, 0.1) is 18.6 Å². The van der Waals surface area contributed by atoms with Crippen LogP contribution in [0.15, 0.2) is 24.3 Å². The molecular weight excluding hydrogens is 362 g/mol. The maximum absolute atomic E-state index is 12.1. The van der Waals surface area contributed by atoms with Gasteiger partial charge >= 0.3 is 5.97 Å². The van der Waals surface area contributed by atoms with Gasteiger partial charge in [0.25, 0.3) is 0 Å². The predicted octanol–water partition coefficient (Wildman–Crippen LogP) is 0.757. The monoisotopic (exact) mass is 389 g/mol. The molecule has 152 valence electrons. The highest BCUT2D eigenvalue weighted by molar-refractivity contribution is 5.88. The third-order valence-electron chi connectivity index (χ3n) is 5.80. The van der Waals surface area contributed by atoms with Crippen molar-refractivity contribution in [1.29, 1.82) is 0 Å². The van der Waals surface area contributed by atoms with Gasteiger partial charge in [-0.15, -0.1) is 0 Å². The van der Waals surface area contributed by atoms with Crippen molar-refractivity contribution in [3.8, 4) is 5.75 Å². The van der Waals surface area contributed by atoms with E-state index in [9.17, 15) is 19.5 Å². The molecule has 3 rings (SSSR count). The van der Waals surface area contributed by atoms with Gasteiger partial charge in [0.15, 0.2) is 0 Å². The molecule has 2 aliphatic rings. The van der Waals surface area contributed by atoms with Crippen LogP contribution in [-0.4, -0.2) is 60.1 Å². The van der Waals surface area contributed by atoms with Gasteiger partial charge < -0.3 is 25.4 Å². The summed E-state index contributed by atoms with van der Waals surface area (Å²) in [5, 5.41) is 15.2. The van der Waals surface area contributed by atoms with Crippen LogP contribution in [0.5, 0.6) is 5.75 Å². The molecular formula is C20H27N3O5. The molecule has 1 unspecified atom stereocenters. The van der Waals surface area contributed by atoms with Gasteiger partial charge in [-0.2, -0.15) is 0 Å². The van der Waals surface area contributed by atoms with Gasteiger partial charge in [-0.1, -0.05) is 12.1 Å². The Morgan fingerprint density at radius 3 is 2.57 bits per heavy atom. The van der Waals surface area contributed by atoms with Gasteiger partial charge in [0, 0.05) is 39.0 Å². The van der Waals surface area contributed by atoms with E-state index in [2.05, 4.69) is 15.5 Å². The molecule has 2 amide bonds. The molecule has 0 saturated carbocycles. The number of hydrogen-bond acceptors (Lipinski definition) is 5. The van der Waals surface area contributed by atoms with Gasteiger partial charge in [0.2, 0.25) is 11.8 Å². The number of methoxy groups -OCH3 is 1. The van der Waals surface area contributed by atoms with E-state index in [0.29, 0.717) is 45.4 Å².